The summed E-state index contributed by atoms with van der Waals surface area (Å²) in [5.74, 6) is 0.761. The van der Waals surface area contributed by atoms with Crippen molar-refractivity contribution in [3.05, 3.63) is 59.0 Å². The van der Waals surface area contributed by atoms with E-state index in [4.69, 9.17) is 4.42 Å². The Morgan fingerprint density at radius 3 is 2.96 bits per heavy atom. The molecule has 5 heteroatoms. The van der Waals surface area contributed by atoms with Crippen LogP contribution in [-0.4, -0.2) is 10.9 Å². The van der Waals surface area contributed by atoms with E-state index >= 15 is 0 Å². The van der Waals surface area contributed by atoms with Gasteiger partial charge in [-0.3, -0.25) is 10.1 Å². The van der Waals surface area contributed by atoms with Crippen molar-refractivity contribution >= 4 is 22.4 Å². The Kier molecular flexibility index (Phi) is 3.94. The Morgan fingerprint density at radius 2 is 2.12 bits per heavy atom. The van der Waals surface area contributed by atoms with Crippen LogP contribution in [0.15, 0.2) is 47.1 Å². The van der Waals surface area contributed by atoms with Crippen LogP contribution in [0.3, 0.4) is 0 Å². The van der Waals surface area contributed by atoms with Gasteiger partial charge in [-0.25, -0.2) is 4.98 Å². The van der Waals surface area contributed by atoms with Crippen LogP contribution in [0.25, 0.3) is 11.1 Å². The first-order valence-corrected chi connectivity index (χ1v) is 8.95. The van der Waals surface area contributed by atoms with Crippen molar-refractivity contribution in [2.24, 2.45) is 5.92 Å². The lowest BCUT2D eigenvalue weighted by molar-refractivity contribution is 0.0997. The SMILES string of the molecule is C[C@H]1CCc2nc(NC(=O)c3occc3-c3ccccc3)sc2C1. The van der Waals surface area contributed by atoms with E-state index in [2.05, 4.69) is 17.2 Å². The Balaban J connectivity index is 1.57. The van der Waals surface area contributed by atoms with Gasteiger partial charge in [0.15, 0.2) is 10.9 Å². The number of fused-ring (bicyclic) bond motifs is 1. The highest BCUT2D eigenvalue weighted by atomic mass is 32.1. The number of anilines is 1. The van der Waals surface area contributed by atoms with E-state index in [0.717, 1.165) is 29.7 Å². The lowest BCUT2D eigenvalue weighted by Crippen LogP contribution is -2.12. The predicted molar refractivity (Wildman–Crippen MR) is 95.4 cm³/mol. The zero-order chi connectivity index (χ0) is 16.5. The molecule has 0 spiro atoms. The summed E-state index contributed by atoms with van der Waals surface area (Å²) in [5.41, 5.74) is 2.89. The molecule has 122 valence electrons. The number of aromatic nitrogens is 1. The lowest BCUT2D eigenvalue weighted by atomic mass is 9.93. The molecule has 2 heterocycles. The molecule has 0 saturated heterocycles. The molecule has 0 fully saturated rings. The molecule has 4 rings (SSSR count). The van der Waals surface area contributed by atoms with E-state index in [1.54, 1.807) is 17.6 Å². The van der Waals surface area contributed by atoms with E-state index in [-0.39, 0.29) is 5.91 Å². The molecule has 0 radical (unpaired) electrons. The maximum absolute atomic E-state index is 12.6. The minimum atomic E-state index is -0.252. The van der Waals surface area contributed by atoms with Crippen LogP contribution >= 0.6 is 11.3 Å². The summed E-state index contributed by atoms with van der Waals surface area (Å²) in [7, 11) is 0. The largest absolute Gasteiger partial charge is 0.459 e. The first-order valence-electron chi connectivity index (χ1n) is 8.13. The number of hydrogen-bond acceptors (Lipinski definition) is 4. The van der Waals surface area contributed by atoms with E-state index in [9.17, 15) is 4.79 Å². The quantitative estimate of drug-likeness (QED) is 0.747. The van der Waals surface area contributed by atoms with Crippen LogP contribution in [0, 0.1) is 5.92 Å². The van der Waals surface area contributed by atoms with Gasteiger partial charge in [-0.1, -0.05) is 37.3 Å². The summed E-state index contributed by atoms with van der Waals surface area (Å²) >= 11 is 1.58. The van der Waals surface area contributed by atoms with Crippen LogP contribution in [0.5, 0.6) is 0 Å². The number of nitrogens with zero attached hydrogens (tertiary/aromatic N) is 1. The van der Waals surface area contributed by atoms with Crippen molar-refractivity contribution in [2.45, 2.75) is 26.2 Å². The number of nitrogens with one attached hydrogen (secondary N) is 1. The van der Waals surface area contributed by atoms with Crippen molar-refractivity contribution in [1.82, 2.24) is 4.98 Å². The summed E-state index contributed by atoms with van der Waals surface area (Å²) < 4.78 is 5.44. The topological polar surface area (TPSA) is 55.1 Å². The summed E-state index contributed by atoms with van der Waals surface area (Å²) in [5, 5.41) is 3.56. The monoisotopic (exact) mass is 338 g/mol. The number of furan rings is 1. The van der Waals surface area contributed by atoms with Crippen molar-refractivity contribution in [2.75, 3.05) is 5.32 Å². The molecule has 4 nitrogen and oxygen atoms in total. The molecule has 24 heavy (non-hydrogen) atoms. The fraction of sp³-hybridized carbons (Fsp3) is 0.263. The third kappa shape index (κ3) is 2.87. The first-order chi connectivity index (χ1) is 11.7. The molecule has 1 N–H and O–H groups in total. The van der Waals surface area contributed by atoms with Crippen LogP contribution in [0.1, 0.15) is 34.5 Å². The molecule has 2 aromatic heterocycles. The average Bonchev–Trinajstić information content (AvgIpc) is 3.21. The van der Waals surface area contributed by atoms with Gasteiger partial charge in [0.2, 0.25) is 0 Å². The second-order valence-corrected chi connectivity index (χ2v) is 7.30. The molecule has 1 aliphatic rings. The molecular weight excluding hydrogens is 320 g/mol. The molecule has 1 aromatic carbocycles. The van der Waals surface area contributed by atoms with E-state index in [1.807, 2.05) is 36.4 Å². The van der Waals surface area contributed by atoms with Gasteiger partial charge in [0.25, 0.3) is 5.91 Å². The Hall–Kier alpha value is -2.40. The molecule has 1 aliphatic carbocycles. The number of carbonyl (C=O) groups excluding carboxylic acids is 1. The summed E-state index contributed by atoms with van der Waals surface area (Å²) in [4.78, 5) is 18.5. The maximum Gasteiger partial charge on any atom is 0.293 e. The van der Waals surface area contributed by atoms with Crippen molar-refractivity contribution in [3.8, 4) is 11.1 Å². The lowest BCUT2D eigenvalue weighted by Gasteiger charge is -2.15. The molecule has 0 bridgehead atoms. The number of carbonyl (C=O) groups is 1. The third-order valence-corrected chi connectivity index (χ3v) is 5.40. The second-order valence-electron chi connectivity index (χ2n) is 6.22. The first kappa shape index (κ1) is 15.1. The number of benzene rings is 1. The zero-order valence-corrected chi connectivity index (χ0v) is 14.2. The molecule has 1 atom stereocenters. The summed E-state index contributed by atoms with van der Waals surface area (Å²) in [6.07, 6.45) is 4.77. The predicted octanol–water partition coefficient (Wildman–Crippen LogP) is 4.78. The van der Waals surface area contributed by atoms with E-state index < -0.39 is 0 Å². The summed E-state index contributed by atoms with van der Waals surface area (Å²) in [6.45, 7) is 2.26. The summed E-state index contributed by atoms with van der Waals surface area (Å²) in [6, 6.07) is 11.6. The molecule has 0 aliphatic heterocycles. The minimum absolute atomic E-state index is 0.252. The zero-order valence-electron chi connectivity index (χ0n) is 13.4. The van der Waals surface area contributed by atoms with Gasteiger partial charge in [0.1, 0.15) is 0 Å². The van der Waals surface area contributed by atoms with Gasteiger partial charge in [-0.15, -0.1) is 11.3 Å². The second kappa shape index (κ2) is 6.24. The highest BCUT2D eigenvalue weighted by Crippen LogP contribution is 2.33. The Bertz CT molecular complexity index is 867. The molecule has 1 amide bonds. The van der Waals surface area contributed by atoms with Crippen LogP contribution in [-0.2, 0) is 12.8 Å². The average molecular weight is 338 g/mol. The number of amides is 1. The smallest absolute Gasteiger partial charge is 0.293 e. The van der Waals surface area contributed by atoms with Crippen molar-refractivity contribution in [3.63, 3.8) is 0 Å². The molecule has 0 unspecified atom stereocenters. The van der Waals surface area contributed by atoms with Crippen LogP contribution in [0.2, 0.25) is 0 Å². The van der Waals surface area contributed by atoms with E-state index in [1.165, 1.54) is 11.3 Å². The fourth-order valence-electron chi connectivity index (χ4n) is 3.08. The van der Waals surface area contributed by atoms with Gasteiger partial charge in [-0.2, -0.15) is 0 Å². The fourth-order valence-corrected chi connectivity index (χ4v) is 4.24. The molecule has 3 aromatic rings. The maximum atomic E-state index is 12.6. The number of thiazole rings is 1. The standard InChI is InChI=1S/C19H18N2O2S/c1-12-7-8-15-16(11-12)24-19(20-15)21-18(22)17-14(9-10-23-17)13-5-3-2-4-6-13/h2-6,9-10,12H,7-8,11H2,1H3,(H,20,21,22)/t12-/m0/s1. The Morgan fingerprint density at radius 1 is 1.29 bits per heavy atom. The normalized spacial score (nSPS) is 16.6. The Labute approximate surface area is 144 Å². The highest BCUT2D eigenvalue weighted by Gasteiger charge is 2.22. The minimum Gasteiger partial charge on any atom is -0.459 e. The number of hydrogen-bond donors (Lipinski definition) is 1. The third-order valence-electron chi connectivity index (χ3n) is 4.36. The molecular formula is C19H18N2O2S. The van der Waals surface area contributed by atoms with Gasteiger partial charge in [0.05, 0.1) is 12.0 Å². The molecule has 0 saturated carbocycles. The van der Waals surface area contributed by atoms with Crippen molar-refractivity contribution in [1.29, 1.82) is 0 Å². The van der Waals surface area contributed by atoms with Crippen LogP contribution < -0.4 is 5.32 Å². The van der Waals surface area contributed by atoms with Crippen LogP contribution in [0.4, 0.5) is 5.13 Å². The van der Waals surface area contributed by atoms with Gasteiger partial charge in [0, 0.05) is 10.4 Å². The highest BCUT2D eigenvalue weighted by molar-refractivity contribution is 7.15. The van der Waals surface area contributed by atoms with E-state index in [0.29, 0.717) is 16.8 Å². The number of rotatable bonds is 3. The van der Waals surface area contributed by atoms with Gasteiger partial charge < -0.3 is 4.42 Å². The van der Waals surface area contributed by atoms with Crippen molar-refractivity contribution < 1.29 is 9.21 Å². The van der Waals surface area contributed by atoms with Gasteiger partial charge >= 0.3 is 0 Å². The number of aryl methyl sites for hydroxylation is 1. The van der Waals surface area contributed by atoms with Gasteiger partial charge in [-0.05, 0) is 36.8 Å².